The molecular weight excluding hydrogens is 327 g/mol. The zero-order valence-electron chi connectivity index (χ0n) is 14.8. The Morgan fingerprint density at radius 3 is 2.73 bits per heavy atom. The van der Waals surface area contributed by atoms with E-state index in [0.717, 1.165) is 47.1 Å². The van der Waals surface area contributed by atoms with Crippen molar-refractivity contribution in [2.45, 2.75) is 32.6 Å². The average molecular weight is 348 g/mol. The van der Waals surface area contributed by atoms with E-state index in [1.54, 1.807) is 6.21 Å². The van der Waals surface area contributed by atoms with Crippen LogP contribution in [0.15, 0.2) is 53.1 Å². The number of ketones is 1. The van der Waals surface area contributed by atoms with Gasteiger partial charge in [0.2, 0.25) is 0 Å². The number of benzene rings is 2. The molecule has 2 aliphatic rings. The van der Waals surface area contributed by atoms with Crippen LogP contribution in [-0.2, 0) is 17.6 Å². The Kier molecular flexibility index (Phi) is 3.98. The third kappa shape index (κ3) is 2.57. The van der Waals surface area contributed by atoms with Gasteiger partial charge < -0.3 is 5.84 Å². The van der Waals surface area contributed by atoms with Crippen LogP contribution >= 0.6 is 0 Å². The Labute approximate surface area is 152 Å². The van der Waals surface area contributed by atoms with Gasteiger partial charge in [0.1, 0.15) is 5.82 Å². The molecular formula is C22H21FN2O. The number of nitrogens with two attached hydrogens (primary N) is 1. The predicted octanol–water partition coefficient (Wildman–Crippen LogP) is 4.04. The van der Waals surface area contributed by atoms with E-state index in [2.05, 4.69) is 11.2 Å². The molecule has 0 radical (unpaired) electrons. The third-order valence-corrected chi connectivity index (χ3v) is 5.82. The van der Waals surface area contributed by atoms with Crippen molar-refractivity contribution >= 4 is 17.6 Å². The number of Topliss-reactive ketones (excluding diaryl/α,β-unsaturated/α-hetero) is 1. The van der Waals surface area contributed by atoms with Crippen molar-refractivity contribution in [3.63, 3.8) is 0 Å². The molecule has 0 saturated carbocycles. The van der Waals surface area contributed by atoms with E-state index >= 15 is 0 Å². The molecule has 0 bridgehead atoms. The number of hydrazone groups is 1. The molecule has 0 saturated heterocycles. The monoisotopic (exact) mass is 348 g/mol. The summed E-state index contributed by atoms with van der Waals surface area (Å²) in [6.45, 7) is 1.94. The summed E-state index contributed by atoms with van der Waals surface area (Å²) in [5.41, 5.74) is 6.32. The molecule has 4 heteroatoms. The fourth-order valence-corrected chi connectivity index (χ4v) is 4.68. The number of allylic oxidation sites excluding steroid dienone is 2. The molecule has 0 heterocycles. The summed E-state index contributed by atoms with van der Waals surface area (Å²) in [5, 5.41) is 3.70. The number of halogens is 1. The first-order valence-electron chi connectivity index (χ1n) is 8.88. The Morgan fingerprint density at radius 1 is 1.23 bits per heavy atom. The van der Waals surface area contributed by atoms with Gasteiger partial charge in [-0.15, -0.1) is 0 Å². The molecule has 26 heavy (non-hydrogen) atoms. The number of hydrogen-bond acceptors (Lipinski definition) is 3. The minimum absolute atomic E-state index is 0.128. The Balaban J connectivity index is 1.87. The van der Waals surface area contributed by atoms with Gasteiger partial charge in [0.05, 0.1) is 6.21 Å². The summed E-state index contributed by atoms with van der Waals surface area (Å²) in [4.78, 5) is 12.4. The molecule has 2 aromatic rings. The molecule has 2 N–H and O–H groups in total. The van der Waals surface area contributed by atoms with Crippen LogP contribution in [0.2, 0.25) is 0 Å². The normalized spacial score (nSPS) is 22.0. The summed E-state index contributed by atoms with van der Waals surface area (Å²) >= 11 is 0. The van der Waals surface area contributed by atoms with E-state index < -0.39 is 0 Å². The molecule has 0 spiro atoms. The van der Waals surface area contributed by atoms with E-state index in [1.165, 1.54) is 17.7 Å². The zero-order valence-corrected chi connectivity index (χ0v) is 14.8. The van der Waals surface area contributed by atoms with Crippen molar-refractivity contribution in [3.05, 3.63) is 76.1 Å². The average Bonchev–Trinajstić information content (AvgIpc) is 2.97. The molecule has 0 aliphatic heterocycles. The van der Waals surface area contributed by atoms with Crippen molar-refractivity contribution in [1.29, 1.82) is 0 Å². The molecule has 2 aliphatic carbocycles. The van der Waals surface area contributed by atoms with Gasteiger partial charge >= 0.3 is 0 Å². The number of fused-ring (bicyclic) bond motifs is 3. The van der Waals surface area contributed by atoms with E-state index in [4.69, 9.17) is 5.84 Å². The van der Waals surface area contributed by atoms with E-state index in [9.17, 15) is 9.18 Å². The van der Waals surface area contributed by atoms with Crippen LogP contribution < -0.4 is 5.84 Å². The Morgan fingerprint density at radius 2 is 2.00 bits per heavy atom. The van der Waals surface area contributed by atoms with Gasteiger partial charge in [-0.05, 0) is 71.7 Å². The number of carbonyl (C=O) groups excluding carboxylic acids is 1. The molecule has 2 aromatic carbocycles. The van der Waals surface area contributed by atoms with Crippen molar-refractivity contribution in [1.82, 2.24) is 0 Å². The van der Waals surface area contributed by atoms with Gasteiger partial charge in [0.25, 0.3) is 0 Å². The second-order valence-electron chi connectivity index (χ2n) is 7.34. The first kappa shape index (κ1) is 16.7. The van der Waals surface area contributed by atoms with Crippen LogP contribution in [0.4, 0.5) is 4.39 Å². The number of nitrogens with zero attached hydrogens (tertiary/aromatic N) is 1. The van der Waals surface area contributed by atoms with Crippen LogP contribution in [0, 0.1) is 11.2 Å². The minimum Gasteiger partial charge on any atom is -0.323 e. The maximum absolute atomic E-state index is 13.3. The lowest BCUT2D eigenvalue weighted by molar-refractivity contribution is -0.116. The van der Waals surface area contributed by atoms with E-state index in [0.29, 0.717) is 6.42 Å². The van der Waals surface area contributed by atoms with Gasteiger partial charge in [0.15, 0.2) is 5.78 Å². The van der Waals surface area contributed by atoms with Crippen LogP contribution in [0.1, 0.15) is 42.0 Å². The maximum atomic E-state index is 13.3. The van der Waals surface area contributed by atoms with Crippen LogP contribution in [0.25, 0.3) is 5.57 Å². The zero-order chi connectivity index (χ0) is 18.3. The number of rotatable bonds is 3. The quantitative estimate of drug-likeness (QED) is 0.517. The minimum atomic E-state index is -0.229. The second-order valence-corrected chi connectivity index (χ2v) is 7.34. The first-order chi connectivity index (χ1) is 12.5. The van der Waals surface area contributed by atoms with Crippen LogP contribution in [-0.4, -0.2) is 12.0 Å². The molecule has 0 fully saturated rings. The maximum Gasteiger partial charge on any atom is 0.158 e. The second kappa shape index (κ2) is 6.20. The highest BCUT2D eigenvalue weighted by Crippen LogP contribution is 2.55. The predicted molar refractivity (Wildman–Crippen MR) is 101 cm³/mol. The summed E-state index contributed by atoms with van der Waals surface area (Å²) in [6, 6.07) is 12.8. The molecule has 1 atom stereocenters. The standard InChI is InChI=1S/C22H21FN2O/c1-14-20(26)9-10-22(11-15-5-7-17(23)8-6-15)12-19-16(13-25-24)3-2-4-18(19)21(14)22/h2-8,13H,9-12,24H2,1H3/b25-13-. The highest BCUT2D eigenvalue weighted by molar-refractivity contribution is 6.06. The van der Waals surface area contributed by atoms with Crippen molar-refractivity contribution in [3.8, 4) is 0 Å². The summed E-state index contributed by atoms with van der Waals surface area (Å²) in [5.74, 6) is 5.38. The van der Waals surface area contributed by atoms with Crippen molar-refractivity contribution in [2.24, 2.45) is 16.4 Å². The molecule has 0 aromatic heterocycles. The van der Waals surface area contributed by atoms with E-state index in [-0.39, 0.29) is 17.0 Å². The topological polar surface area (TPSA) is 55.4 Å². The van der Waals surface area contributed by atoms with E-state index in [1.807, 2.05) is 31.2 Å². The van der Waals surface area contributed by atoms with Gasteiger partial charge in [-0.25, -0.2) is 4.39 Å². The molecule has 132 valence electrons. The highest BCUT2D eigenvalue weighted by Gasteiger charge is 2.46. The Bertz CT molecular complexity index is 943. The number of hydrogen-bond donors (Lipinski definition) is 1. The molecule has 0 amide bonds. The summed E-state index contributed by atoms with van der Waals surface area (Å²) in [6.07, 6.45) is 4.69. The van der Waals surface area contributed by atoms with Crippen molar-refractivity contribution in [2.75, 3.05) is 0 Å². The van der Waals surface area contributed by atoms with Gasteiger partial charge in [-0.1, -0.05) is 30.3 Å². The summed E-state index contributed by atoms with van der Waals surface area (Å²) < 4.78 is 13.3. The van der Waals surface area contributed by atoms with Crippen molar-refractivity contribution < 1.29 is 9.18 Å². The fraction of sp³-hybridized carbons (Fsp3) is 0.273. The molecule has 3 nitrogen and oxygen atoms in total. The lowest BCUT2D eigenvalue weighted by Crippen LogP contribution is -2.30. The van der Waals surface area contributed by atoms with Crippen LogP contribution in [0.5, 0.6) is 0 Å². The largest absolute Gasteiger partial charge is 0.323 e. The van der Waals surface area contributed by atoms with Crippen LogP contribution in [0.3, 0.4) is 0 Å². The first-order valence-corrected chi connectivity index (χ1v) is 8.88. The SMILES string of the molecule is CC1=C2c3cccc(/C=N\N)c3CC2(Cc2ccc(F)cc2)CCC1=O. The lowest BCUT2D eigenvalue weighted by atomic mass is 9.67. The fourth-order valence-electron chi connectivity index (χ4n) is 4.68. The van der Waals surface area contributed by atoms with Gasteiger partial charge in [-0.2, -0.15) is 5.10 Å². The van der Waals surface area contributed by atoms with Gasteiger partial charge in [-0.3, -0.25) is 4.79 Å². The molecule has 1 unspecified atom stereocenters. The smallest absolute Gasteiger partial charge is 0.158 e. The molecule has 4 rings (SSSR count). The lowest BCUT2D eigenvalue weighted by Gasteiger charge is -2.36. The third-order valence-electron chi connectivity index (χ3n) is 5.82. The summed E-state index contributed by atoms with van der Waals surface area (Å²) in [7, 11) is 0. The van der Waals surface area contributed by atoms with Gasteiger partial charge in [0, 0.05) is 11.8 Å². The highest BCUT2D eigenvalue weighted by atomic mass is 19.1. The number of carbonyl (C=O) groups is 1. The Hall–Kier alpha value is -2.75.